The molecule has 1 aliphatic heterocycles. The number of piperazine rings is 1. The largest absolute Gasteiger partial charge is 0.480 e. The minimum atomic E-state index is -0.647. The molecule has 1 unspecified atom stereocenters. The smallest absolute Gasteiger partial charge is 0.320 e. The monoisotopic (exact) mass is 242 g/mol. The highest BCUT2D eigenvalue weighted by Gasteiger charge is 2.27. The SMILES string of the molecule is CCCCCCC(C(=O)O)N1CCN(C)CC1. The number of hydrogen-bond donors (Lipinski definition) is 1. The maximum atomic E-state index is 11.3. The standard InChI is InChI=1S/C13H26N2O2/c1-3-4-5-6-7-12(13(16)17)15-10-8-14(2)9-11-15/h12H,3-11H2,1-2H3,(H,16,17). The van der Waals surface area contributed by atoms with Gasteiger partial charge in [0.2, 0.25) is 0 Å². The van der Waals surface area contributed by atoms with Crippen LogP contribution >= 0.6 is 0 Å². The predicted octanol–water partition coefficient (Wildman–Crippen LogP) is 1.66. The zero-order valence-electron chi connectivity index (χ0n) is 11.2. The van der Waals surface area contributed by atoms with E-state index in [0.717, 1.165) is 45.4 Å². The first kappa shape index (κ1) is 14.5. The van der Waals surface area contributed by atoms with Gasteiger partial charge in [0.05, 0.1) is 0 Å². The van der Waals surface area contributed by atoms with Crippen molar-refractivity contribution >= 4 is 5.97 Å². The van der Waals surface area contributed by atoms with E-state index in [-0.39, 0.29) is 6.04 Å². The van der Waals surface area contributed by atoms with Crippen LogP contribution in [0.2, 0.25) is 0 Å². The second-order valence-electron chi connectivity index (χ2n) is 5.04. The maximum absolute atomic E-state index is 11.3. The summed E-state index contributed by atoms with van der Waals surface area (Å²) in [6.45, 7) is 5.93. The number of hydrogen-bond acceptors (Lipinski definition) is 3. The molecule has 0 aromatic rings. The van der Waals surface area contributed by atoms with Gasteiger partial charge in [-0.15, -0.1) is 0 Å². The molecule has 1 N–H and O–H groups in total. The summed E-state index contributed by atoms with van der Waals surface area (Å²) in [5, 5.41) is 9.29. The molecule has 0 spiro atoms. The van der Waals surface area contributed by atoms with E-state index in [0.29, 0.717) is 0 Å². The van der Waals surface area contributed by atoms with E-state index in [9.17, 15) is 9.90 Å². The van der Waals surface area contributed by atoms with Crippen molar-refractivity contribution in [3.05, 3.63) is 0 Å². The molecular weight excluding hydrogens is 216 g/mol. The van der Waals surface area contributed by atoms with Crippen molar-refractivity contribution in [3.8, 4) is 0 Å². The molecule has 0 amide bonds. The summed E-state index contributed by atoms with van der Waals surface area (Å²) in [5.41, 5.74) is 0. The van der Waals surface area contributed by atoms with Crippen LogP contribution in [0.15, 0.2) is 0 Å². The Morgan fingerprint density at radius 3 is 2.35 bits per heavy atom. The Kier molecular flexibility index (Phi) is 6.52. The molecule has 0 aliphatic carbocycles. The number of aliphatic carboxylic acids is 1. The van der Waals surface area contributed by atoms with Crippen LogP contribution in [0.3, 0.4) is 0 Å². The minimum Gasteiger partial charge on any atom is -0.480 e. The van der Waals surface area contributed by atoms with Gasteiger partial charge in [-0.25, -0.2) is 0 Å². The Balaban J connectivity index is 2.34. The van der Waals surface area contributed by atoms with Crippen LogP contribution in [0.5, 0.6) is 0 Å². The number of likely N-dealkylation sites (N-methyl/N-ethyl adjacent to an activating group) is 1. The zero-order chi connectivity index (χ0) is 12.7. The van der Waals surface area contributed by atoms with E-state index in [2.05, 4.69) is 23.8 Å². The second kappa shape index (κ2) is 7.67. The zero-order valence-corrected chi connectivity index (χ0v) is 11.2. The molecule has 1 rings (SSSR count). The highest BCUT2D eigenvalue weighted by molar-refractivity contribution is 5.73. The maximum Gasteiger partial charge on any atom is 0.320 e. The lowest BCUT2D eigenvalue weighted by Gasteiger charge is -2.36. The molecule has 0 bridgehead atoms. The van der Waals surface area contributed by atoms with Gasteiger partial charge in [0, 0.05) is 26.2 Å². The van der Waals surface area contributed by atoms with E-state index in [1.165, 1.54) is 12.8 Å². The molecule has 4 nitrogen and oxygen atoms in total. The Morgan fingerprint density at radius 1 is 1.18 bits per heavy atom. The molecule has 0 aromatic heterocycles. The minimum absolute atomic E-state index is 0.263. The first-order chi connectivity index (χ1) is 8.15. The fourth-order valence-corrected chi connectivity index (χ4v) is 2.36. The van der Waals surface area contributed by atoms with Crippen LogP contribution in [0, 0.1) is 0 Å². The molecule has 4 heteroatoms. The van der Waals surface area contributed by atoms with Crippen molar-refractivity contribution in [2.45, 2.75) is 45.1 Å². The van der Waals surface area contributed by atoms with Crippen molar-refractivity contribution in [3.63, 3.8) is 0 Å². The molecule has 1 saturated heterocycles. The average molecular weight is 242 g/mol. The Labute approximate surface area is 105 Å². The van der Waals surface area contributed by atoms with Crippen LogP contribution in [0.4, 0.5) is 0 Å². The van der Waals surface area contributed by atoms with Gasteiger partial charge in [-0.05, 0) is 13.5 Å². The molecule has 100 valence electrons. The lowest BCUT2D eigenvalue weighted by Crippen LogP contribution is -2.51. The number of rotatable bonds is 7. The van der Waals surface area contributed by atoms with E-state index < -0.39 is 5.97 Å². The molecular formula is C13H26N2O2. The third kappa shape index (κ3) is 5.04. The highest BCUT2D eigenvalue weighted by Crippen LogP contribution is 2.13. The van der Waals surface area contributed by atoms with Crippen LogP contribution < -0.4 is 0 Å². The molecule has 0 saturated carbocycles. The van der Waals surface area contributed by atoms with E-state index in [1.807, 2.05) is 0 Å². The van der Waals surface area contributed by atoms with E-state index in [4.69, 9.17) is 0 Å². The summed E-state index contributed by atoms with van der Waals surface area (Å²) < 4.78 is 0. The van der Waals surface area contributed by atoms with Crippen molar-refractivity contribution in [2.75, 3.05) is 33.2 Å². The average Bonchev–Trinajstić information content (AvgIpc) is 2.30. The summed E-state index contributed by atoms with van der Waals surface area (Å²) >= 11 is 0. The number of nitrogens with zero attached hydrogens (tertiary/aromatic N) is 2. The highest BCUT2D eigenvalue weighted by atomic mass is 16.4. The number of unbranched alkanes of at least 4 members (excludes halogenated alkanes) is 3. The second-order valence-corrected chi connectivity index (χ2v) is 5.04. The predicted molar refractivity (Wildman–Crippen MR) is 69.3 cm³/mol. The Hall–Kier alpha value is -0.610. The summed E-state index contributed by atoms with van der Waals surface area (Å²) in [6.07, 6.45) is 5.42. The van der Waals surface area contributed by atoms with Crippen LogP contribution in [-0.2, 0) is 4.79 Å². The number of carboxylic acid groups (broad SMARTS) is 1. The molecule has 1 aliphatic rings. The normalized spacial score (nSPS) is 20.4. The summed E-state index contributed by atoms with van der Waals surface area (Å²) in [5.74, 6) is -0.647. The molecule has 1 atom stereocenters. The number of carbonyl (C=O) groups is 1. The molecule has 0 radical (unpaired) electrons. The lowest BCUT2D eigenvalue weighted by atomic mass is 10.1. The molecule has 0 aromatic carbocycles. The van der Waals surface area contributed by atoms with Crippen LogP contribution in [-0.4, -0.2) is 60.1 Å². The van der Waals surface area contributed by atoms with Crippen LogP contribution in [0.25, 0.3) is 0 Å². The third-order valence-electron chi connectivity index (χ3n) is 3.59. The summed E-state index contributed by atoms with van der Waals surface area (Å²) in [7, 11) is 2.09. The fraction of sp³-hybridized carbons (Fsp3) is 0.923. The van der Waals surface area contributed by atoms with Crippen molar-refractivity contribution in [1.82, 2.24) is 9.80 Å². The molecule has 17 heavy (non-hydrogen) atoms. The van der Waals surface area contributed by atoms with Crippen molar-refractivity contribution in [1.29, 1.82) is 0 Å². The lowest BCUT2D eigenvalue weighted by molar-refractivity contribution is -0.144. The Morgan fingerprint density at radius 2 is 1.82 bits per heavy atom. The first-order valence-corrected chi connectivity index (χ1v) is 6.80. The summed E-state index contributed by atoms with van der Waals surface area (Å²) in [4.78, 5) is 15.7. The van der Waals surface area contributed by atoms with Crippen molar-refractivity contribution in [2.24, 2.45) is 0 Å². The third-order valence-corrected chi connectivity index (χ3v) is 3.59. The Bertz CT molecular complexity index is 225. The quantitative estimate of drug-likeness (QED) is 0.690. The van der Waals surface area contributed by atoms with Gasteiger partial charge in [-0.1, -0.05) is 32.6 Å². The van der Waals surface area contributed by atoms with Gasteiger partial charge in [0.15, 0.2) is 0 Å². The van der Waals surface area contributed by atoms with Gasteiger partial charge in [-0.3, -0.25) is 9.69 Å². The number of carboxylic acids is 1. The van der Waals surface area contributed by atoms with Gasteiger partial charge in [-0.2, -0.15) is 0 Å². The van der Waals surface area contributed by atoms with Gasteiger partial charge in [0.1, 0.15) is 6.04 Å². The van der Waals surface area contributed by atoms with E-state index in [1.54, 1.807) is 0 Å². The van der Waals surface area contributed by atoms with Gasteiger partial charge >= 0.3 is 5.97 Å². The summed E-state index contributed by atoms with van der Waals surface area (Å²) in [6, 6.07) is -0.263. The first-order valence-electron chi connectivity index (χ1n) is 6.80. The topological polar surface area (TPSA) is 43.8 Å². The molecule has 1 heterocycles. The van der Waals surface area contributed by atoms with Gasteiger partial charge < -0.3 is 10.0 Å². The van der Waals surface area contributed by atoms with Crippen molar-refractivity contribution < 1.29 is 9.90 Å². The van der Waals surface area contributed by atoms with Gasteiger partial charge in [0.25, 0.3) is 0 Å². The van der Waals surface area contributed by atoms with Crippen LogP contribution in [0.1, 0.15) is 39.0 Å². The molecule has 1 fully saturated rings. The fourth-order valence-electron chi connectivity index (χ4n) is 2.36. The van der Waals surface area contributed by atoms with E-state index >= 15 is 0 Å².